The van der Waals surface area contributed by atoms with Crippen molar-refractivity contribution in [1.29, 1.82) is 0 Å². The molecule has 0 saturated carbocycles. The summed E-state index contributed by atoms with van der Waals surface area (Å²) >= 11 is 1.32. The van der Waals surface area contributed by atoms with Gasteiger partial charge in [0, 0.05) is 5.39 Å². The smallest absolute Gasteiger partial charge is 0.137 e. The lowest BCUT2D eigenvalue weighted by Gasteiger charge is -2.05. The fourth-order valence-corrected chi connectivity index (χ4v) is 2.69. The van der Waals surface area contributed by atoms with Crippen LogP contribution < -0.4 is 5.73 Å². The number of rotatable bonds is 2. The quantitative estimate of drug-likeness (QED) is 0.768. The van der Waals surface area contributed by atoms with E-state index in [4.69, 9.17) is 10.2 Å². The molecule has 0 aliphatic rings. The van der Waals surface area contributed by atoms with Crippen molar-refractivity contribution in [2.24, 2.45) is 5.73 Å². The van der Waals surface area contributed by atoms with Gasteiger partial charge in [-0.15, -0.1) is 5.10 Å². The van der Waals surface area contributed by atoms with Crippen molar-refractivity contribution in [2.45, 2.75) is 19.9 Å². The second-order valence-electron chi connectivity index (χ2n) is 4.34. The molecule has 18 heavy (non-hydrogen) atoms. The zero-order chi connectivity index (χ0) is 12.7. The average Bonchev–Trinajstić information content (AvgIpc) is 2.95. The summed E-state index contributed by atoms with van der Waals surface area (Å²) in [7, 11) is 0. The zero-order valence-corrected chi connectivity index (χ0v) is 11.0. The minimum absolute atomic E-state index is 0.295. The standard InChI is InChI=1S/C13H13N3OS/c1-7-4-3-5-9-6-10(17-12(7)9)11(14)13-8(2)15-16-18-13/h3-6,11H,14H2,1-2H3. The maximum absolute atomic E-state index is 6.21. The first-order chi connectivity index (χ1) is 8.66. The molecule has 1 atom stereocenters. The van der Waals surface area contributed by atoms with Crippen LogP contribution in [0, 0.1) is 13.8 Å². The van der Waals surface area contributed by atoms with Crippen molar-refractivity contribution >= 4 is 22.5 Å². The number of benzene rings is 1. The summed E-state index contributed by atoms with van der Waals surface area (Å²) in [6.07, 6.45) is 0. The van der Waals surface area contributed by atoms with Crippen LogP contribution in [0.2, 0.25) is 0 Å². The molecule has 2 N–H and O–H groups in total. The summed E-state index contributed by atoms with van der Waals surface area (Å²) in [5, 5.41) is 5.06. The van der Waals surface area contributed by atoms with Gasteiger partial charge in [-0.3, -0.25) is 0 Å². The molecule has 4 nitrogen and oxygen atoms in total. The van der Waals surface area contributed by atoms with E-state index in [0.717, 1.165) is 32.9 Å². The van der Waals surface area contributed by atoms with E-state index in [1.807, 2.05) is 38.1 Å². The van der Waals surface area contributed by atoms with Gasteiger partial charge in [-0.25, -0.2) is 0 Å². The number of fused-ring (bicyclic) bond motifs is 1. The molecule has 0 aliphatic carbocycles. The van der Waals surface area contributed by atoms with Gasteiger partial charge in [0.25, 0.3) is 0 Å². The van der Waals surface area contributed by atoms with E-state index >= 15 is 0 Å². The lowest BCUT2D eigenvalue weighted by molar-refractivity contribution is 0.525. The summed E-state index contributed by atoms with van der Waals surface area (Å²) in [5.74, 6) is 0.758. The Labute approximate surface area is 109 Å². The summed E-state index contributed by atoms with van der Waals surface area (Å²) in [5.41, 5.74) is 9.09. The number of nitrogens with two attached hydrogens (primary N) is 1. The predicted octanol–water partition coefficient (Wildman–Crippen LogP) is 2.95. The molecule has 0 bridgehead atoms. The first kappa shape index (κ1) is 11.4. The lowest BCUT2D eigenvalue weighted by Crippen LogP contribution is -2.10. The maximum atomic E-state index is 6.21. The Morgan fingerprint density at radius 1 is 1.33 bits per heavy atom. The number of hydrogen-bond acceptors (Lipinski definition) is 5. The molecule has 92 valence electrons. The Morgan fingerprint density at radius 2 is 2.17 bits per heavy atom. The molecule has 3 aromatic rings. The molecule has 0 saturated heterocycles. The highest BCUT2D eigenvalue weighted by Crippen LogP contribution is 2.30. The zero-order valence-electron chi connectivity index (χ0n) is 10.2. The van der Waals surface area contributed by atoms with E-state index in [2.05, 4.69) is 9.59 Å². The molecule has 2 heterocycles. The van der Waals surface area contributed by atoms with Crippen LogP contribution in [0.1, 0.15) is 27.9 Å². The molecule has 1 unspecified atom stereocenters. The highest BCUT2D eigenvalue weighted by Gasteiger charge is 2.19. The summed E-state index contributed by atoms with van der Waals surface area (Å²) in [6.45, 7) is 3.94. The number of aromatic nitrogens is 2. The predicted molar refractivity (Wildman–Crippen MR) is 71.6 cm³/mol. The SMILES string of the molecule is Cc1nnsc1C(N)c1cc2cccc(C)c2o1. The van der Waals surface area contributed by atoms with E-state index in [0.29, 0.717) is 0 Å². The van der Waals surface area contributed by atoms with Crippen molar-refractivity contribution in [3.05, 3.63) is 46.2 Å². The second kappa shape index (κ2) is 4.19. The largest absolute Gasteiger partial charge is 0.459 e. The first-order valence-corrected chi connectivity index (χ1v) is 6.47. The minimum Gasteiger partial charge on any atom is -0.459 e. The Hall–Kier alpha value is -1.72. The monoisotopic (exact) mass is 259 g/mol. The average molecular weight is 259 g/mol. The van der Waals surface area contributed by atoms with Crippen LogP contribution >= 0.6 is 11.5 Å². The molecule has 0 radical (unpaired) electrons. The van der Waals surface area contributed by atoms with Crippen LogP contribution in [0.4, 0.5) is 0 Å². The van der Waals surface area contributed by atoms with E-state index in [1.54, 1.807) is 0 Å². The molecule has 5 heteroatoms. The van der Waals surface area contributed by atoms with E-state index < -0.39 is 0 Å². The Bertz CT molecular complexity index is 701. The minimum atomic E-state index is -0.295. The number of hydrogen-bond donors (Lipinski definition) is 1. The van der Waals surface area contributed by atoms with Crippen molar-refractivity contribution in [3.8, 4) is 0 Å². The third-order valence-corrected chi connectivity index (χ3v) is 3.94. The number of nitrogens with zero attached hydrogens (tertiary/aromatic N) is 2. The molecule has 2 aromatic heterocycles. The number of aryl methyl sites for hydroxylation is 2. The molecule has 0 spiro atoms. The fourth-order valence-electron chi connectivity index (χ4n) is 2.03. The summed E-state index contributed by atoms with van der Waals surface area (Å²) < 4.78 is 9.78. The van der Waals surface area contributed by atoms with Gasteiger partial charge in [0.1, 0.15) is 17.4 Å². The van der Waals surface area contributed by atoms with Crippen molar-refractivity contribution in [1.82, 2.24) is 9.59 Å². The molecule has 3 rings (SSSR count). The Kier molecular flexibility index (Phi) is 2.65. The fraction of sp³-hybridized carbons (Fsp3) is 0.231. The van der Waals surface area contributed by atoms with Crippen molar-refractivity contribution in [2.75, 3.05) is 0 Å². The van der Waals surface area contributed by atoms with Gasteiger partial charge in [0.2, 0.25) is 0 Å². The molecule has 0 aliphatic heterocycles. The van der Waals surface area contributed by atoms with E-state index in [9.17, 15) is 0 Å². The van der Waals surface area contributed by atoms with Crippen molar-refractivity contribution in [3.63, 3.8) is 0 Å². The number of furan rings is 1. The topological polar surface area (TPSA) is 64.9 Å². The van der Waals surface area contributed by atoms with Crippen LogP contribution in [-0.4, -0.2) is 9.59 Å². The van der Waals surface area contributed by atoms with Crippen LogP contribution in [0.5, 0.6) is 0 Å². The van der Waals surface area contributed by atoms with Gasteiger partial charge in [-0.05, 0) is 37.0 Å². The van der Waals surface area contributed by atoms with Crippen LogP contribution in [0.25, 0.3) is 11.0 Å². The molecular formula is C13H13N3OS. The van der Waals surface area contributed by atoms with Gasteiger partial charge in [0.15, 0.2) is 0 Å². The van der Waals surface area contributed by atoms with E-state index in [-0.39, 0.29) is 6.04 Å². The lowest BCUT2D eigenvalue weighted by atomic mass is 10.1. The Balaban J connectivity index is 2.10. The Morgan fingerprint density at radius 3 is 2.83 bits per heavy atom. The van der Waals surface area contributed by atoms with Crippen molar-refractivity contribution < 1.29 is 4.42 Å². The molecule has 0 fully saturated rings. The van der Waals surface area contributed by atoms with Crippen LogP contribution in [-0.2, 0) is 0 Å². The summed E-state index contributed by atoms with van der Waals surface area (Å²) in [6, 6.07) is 7.77. The second-order valence-corrected chi connectivity index (χ2v) is 5.13. The van der Waals surface area contributed by atoms with E-state index in [1.165, 1.54) is 11.5 Å². The highest BCUT2D eigenvalue weighted by atomic mass is 32.1. The highest BCUT2D eigenvalue weighted by molar-refractivity contribution is 7.05. The van der Waals surface area contributed by atoms with Gasteiger partial charge < -0.3 is 10.2 Å². The van der Waals surface area contributed by atoms with Gasteiger partial charge >= 0.3 is 0 Å². The van der Waals surface area contributed by atoms with Gasteiger partial charge in [-0.1, -0.05) is 22.7 Å². The maximum Gasteiger partial charge on any atom is 0.137 e. The molecular weight excluding hydrogens is 246 g/mol. The van der Waals surface area contributed by atoms with Gasteiger partial charge in [0.05, 0.1) is 10.6 Å². The third kappa shape index (κ3) is 1.72. The number of para-hydroxylation sites is 1. The van der Waals surface area contributed by atoms with Gasteiger partial charge in [-0.2, -0.15) is 0 Å². The van der Waals surface area contributed by atoms with Crippen LogP contribution in [0.3, 0.4) is 0 Å². The summed E-state index contributed by atoms with van der Waals surface area (Å²) in [4.78, 5) is 0.951. The molecule has 0 amide bonds. The molecule has 1 aromatic carbocycles. The van der Waals surface area contributed by atoms with Crippen LogP contribution in [0.15, 0.2) is 28.7 Å². The normalized spacial score (nSPS) is 13.1. The third-order valence-electron chi connectivity index (χ3n) is 3.04. The first-order valence-electron chi connectivity index (χ1n) is 5.70.